The molecule has 1 N–H and O–H groups in total. The number of hydrogen-bond donors (Lipinski definition) is 1. The fourth-order valence-corrected chi connectivity index (χ4v) is 4.16. The standard InChI is InChI=1S/C17H32N2O2/c1-5-19(4)16(20)13(3)18-14-12-15(21-6-2)17(14)10-8-7-9-11-17/h13-15,18H,5-12H2,1-4H3. The van der Waals surface area contributed by atoms with Gasteiger partial charge in [-0.1, -0.05) is 19.3 Å². The molecule has 0 aromatic carbocycles. The van der Waals surface area contributed by atoms with E-state index in [-0.39, 0.29) is 17.4 Å². The minimum atomic E-state index is -0.0960. The number of ether oxygens (including phenoxy) is 1. The molecule has 2 aliphatic carbocycles. The Hall–Kier alpha value is -0.610. The second-order valence-corrected chi connectivity index (χ2v) is 6.77. The highest BCUT2D eigenvalue weighted by molar-refractivity contribution is 5.81. The summed E-state index contributed by atoms with van der Waals surface area (Å²) in [6.45, 7) is 7.66. The van der Waals surface area contributed by atoms with Crippen LogP contribution in [0.1, 0.15) is 59.3 Å². The van der Waals surface area contributed by atoms with Crippen molar-refractivity contribution in [2.24, 2.45) is 5.41 Å². The molecule has 0 radical (unpaired) electrons. The monoisotopic (exact) mass is 296 g/mol. The Kier molecular flexibility index (Phi) is 5.67. The predicted octanol–water partition coefficient (Wildman–Crippen LogP) is 2.57. The first-order valence-corrected chi connectivity index (χ1v) is 8.67. The van der Waals surface area contributed by atoms with E-state index >= 15 is 0 Å². The quantitative estimate of drug-likeness (QED) is 0.819. The van der Waals surface area contributed by atoms with Crippen molar-refractivity contribution in [3.63, 3.8) is 0 Å². The number of carbonyl (C=O) groups excluding carboxylic acids is 1. The van der Waals surface area contributed by atoms with Crippen molar-refractivity contribution in [3.8, 4) is 0 Å². The van der Waals surface area contributed by atoms with Crippen LogP contribution in [0.3, 0.4) is 0 Å². The minimum Gasteiger partial charge on any atom is -0.378 e. The van der Waals surface area contributed by atoms with Crippen LogP contribution in [0.25, 0.3) is 0 Å². The van der Waals surface area contributed by atoms with Gasteiger partial charge in [-0.3, -0.25) is 4.79 Å². The fraction of sp³-hybridized carbons (Fsp3) is 0.941. The van der Waals surface area contributed by atoms with Crippen LogP contribution in [0, 0.1) is 5.41 Å². The lowest BCUT2D eigenvalue weighted by molar-refractivity contribution is -0.155. The minimum absolute atomic E-state index is 0.0960. The van der Waals surface area contributed by atoms with Crippen LogP contribution >= 0.6 is 0 Å². The summed E-state index contributed by atoms with van der Waals surface area (Å²) in [5, 5.41) is 3.61. The lowest BCUT2D eigenvalue weighted by atomic mass is 9.55. The van der Waals surface area contributed by atoms with Gasteiger partial charge in [-0.05, 0) is 40.0 Å². The molecule has 4 nitrogen and oxygen atoms in total. The summed E-state index contributed by atoms with van der Waals surface area (Å²) >= 11 is 0. The largest absolute Gasteiger partial charge is 0.378 e. The van der Waals surface area contributed by atoms with Crippen LogP contribution < -0.4 is 5.32 Å². The van der Waals surface area contributed by atoms with E-state index in [1.54, 1.807) is 4.90 Å². The topological polar surface area (TPSA) is 41.6 Å². The molecule has 2 rings (SSSR count). The van der Waals surface area contributed by atoms with E-state index in [2.05, 4.69) is 12.2 Å². The van der Waals surface area contributed by atoms with Crippen molar-refractivity contribution in [2.45, 2.75) is 77.5 Å². The van der Waals surface area contributed by atoms with Crippen LogP contribution in [0.15, 0.2) is 0 Å². The molecule has 122 valence electrons. The van der Waals surface area contributed by atoms with Gasteiger partial charge in [0.05, 0.1) is 12.1 Å². The van der Waals surface area contributed by atoms with Gasteiger partial charge in [0.25, 0.3) is 0 Å². The maximum atomic E-state index is 12.3. The van der Waals surface area contributed by atoms with Crippen LogP contribution in [-0.4, -0.2) is 49.2 Å². The van der Waals surface area contributed by atoms with Crippen molar-refractivity contribution in [2.75, 3.05) is 20.2 Å². The van der Waals surface area contributed by atoms with E-state index in [4.69, 9.17) is 4.74 Å². The molecule has 0 aromatic rings. The maximum Gasteiger partial charge on any atom is 0.239 e. The van der Waals surface area contributed by atoms with Gasteiger partial charge >= 0.3 is 0 Å². The second-order valence-electron chi connectivity index (χ2n) is 6.77. The molecule has 1 amide bonds. The fourth-order valence-electron chi connectivity index (χ4n) is 4.16. The number of nitrogens with zero attached hydrogens (tertiary/aromatic N) is 1. The maximum absolute atomic E-state index is 12.3. The third kappa shape index (κ3) is 3.26. The molecule has 2 aliphatic rings. The van der Waals surface area contributed by atoms with Crippen LogP contribution in [0.4, 0.5) is 0 Å². The van der Waals surface area contributed by atoms with Gasteiger partial charge in [-0.15, -0.1) is 0 Å². The Morgan fingerprint density at radius 1 is 1.33 bits per heavy atom. The van der Waals surface area contributed by atoms with Crippen molar-refractivity contribution in [1.82, 2.24) is 10.2 Å². The molecule has 2 fully saturated rings. The molecule has 21 heavy (non-hydrogen) atoms. The SMILES string of the molecule is CCOC1CC(NC(C)C(=O)N(C)CC)C12CCCCC2. The summed E-state index contributed by atoms with van der Waals surface area (Å²) in [4.78, 5) is 14.1. The molecule has 0 bridgehead atoms. The highest BCUT2D eigenvalue weighted by Crippen LogP contribution is 2.53. The summed E-state index contributed by atoms with van der Waals surface area (Å²) < 4.78 is 5.98. The zero-order valence-corrected chi connectivity index (χ0v) is 14.2. The normalized spacial score (nSPS) is 29.0. The third-order valence-electron chi connectivity index (χ3n) is 5.61. The van der Waals surface area contributed by atoms with E-state index in [9.17, 15) is 4.79 Å². The second kappa shape index (κ2) is 7.10. The molecule has 1 spiro atoms. The molecule has 0 aliphatic heterocycles. The van der Waals surface area contributed by atoms with Gasteiger partial charge in [0.15, 0.2) is 0 Å². The van der Waals surface area contributed by atoms with Gasteiger partial charge in [-0.25, -0.2) is 0 Å². The van der Waals surface area contributed by atoms with E-state index in [0.717, 1.165) is 19.6 Å². The number of likely N-dealkylation sites (N-methyl/N-ethyl adjacent to an activating group) is 1. The van der Waals surface area contributed by atoms with Crippen molar-refractivity contribution >= 4 is 5.91 Å². The third-order valence-corrected chi connectivity index (χ3v) is 5.61. The molecular formula is C17H32N2O2. The van der Waals surface area contributed by atoms with Gasteiger partial charge in [0.2, 0.25) is 5.91 Å². The lowest BCUT2D eigenvalue weighted by Gasteiger charge is -2.58. The average molecular weight is 296 g/mol. The Morgan fingerprint density at radius 2 is 2.00 bits per heavy atom. The van der Waals surface area contributed by atoms with E-state index in [1.807, 2.05) is 20.9 Å². The van der Waals surface area contributed by atoms with Crippen molar-refractivity contribution in [1.29, 1.82) is 0 Å². The summed E-state index contributed by atoms with van der Waals surface area (Å²) in [7, 11) is 1.88. The predicted molar refractivity (Wildman–Crippen MR) is 85.2 cm³/mol. The molecule has 0 heterocycles. The first-order chi connectivity index (χ1) is 10.0. The molecule has 0 aromatic heterocycles. The average Bonchev–Trinajstić information content (AvgIpc) is 2.53. The van der Waals surface area contributed by atoms with E-state index in [0.29, 0.717) is 12.1 Å². The first-order valence-electron chi connectivity index (χ1n) is 8.67. The van der Waals surface area contributed by atoms with Gasteiger partial charge < -0.3 is 15.0 Å². The summed E-state index contributed by atoms with van der Waals surface area (Å²) in [5.41, 5.74) is 0.285. The Balaban J connectivity index is 1.98. The molecule has 3 atom stereocenters. The molecule has 4 heteroatoms. The van der Waals surface area contributed by atoms with Crippen LogP contribution in [-0.2, 0) is 9.53 Å². The lowest BCUT2D eigenvalue weighted by Crippen LogP contribution is -2.67. The van der Waals surface area contributed by atoms with Crippen molar-refractivity contribution < 1.29 is 9.53 Å². The molecular weight excluding hydrogens is 264 g/mol. The van der Waals surface area contributed by atoms with E-state index in [1.165, 1.54) is 32.1 Å². The number of carbonyl (C=O) groups is 1. The zero-order chi connectivity index (χ0) is 15.5. The van der Waals surface area contributed by atoms with Gasteiger partial charge in [-0.2, -0.15) is 0 Å². The molecule has 3 unspecified atom stereocenters. The highest BCUT2D eigenvalue weighted by atomic mass is 16.5. The van der Waals surface area contributed by atoms with Crippen LogP contribution in [0.2, 0.25) is 0 Å². The summed E-state index contributed by atoms with van der Waals surface area (Å²) in [6, 6.07) is 0.347. The van der Waals surface area contributed by atoms with E-state index < -0.39 is 0 Å². The zero-order valence-electron chi connectivity index (χ0n) is 14.2. The number of hydrogen-bond acceptors (Lipinski definition) is 3. The number of rotatable bonds is 6. The number of amides is 1. The van der Waals surface area contributed by atoms with Crippen molar-refractivity contribution in [3.05, 3.63) is 0 Å². The number of nitrogens with one attached hydrogen (secondary N) is 1. The summed E-state index contributed by atoms with van der Waals surface area (Å²) in [6.07, 6.45) is 7.91. The van der Waals surface area contributed by atoms with Gasteiger partial charge in [0, 0.05) is 31.7 Å². The smallest absolute Gasteiger partial charge is 0.239 e. The first kappa shape index (κ1) is 16.8. The molecule has 2 saturated carbocycles. The highest BCUT2D eigenvalue weighted by Gasteiger charge is 2.55. The van der Waals surface area contributed by atoms with Gasteiger partial charge in [0.1, 0.15) is 0 Å². The Labute approximate surface area is 129 Å². The van der Waals surface area contributed by atoms with Crippen LogP contribution in [0.5, 0.6) is 0 Å². The Morgan fingerprint density at radius 3 is 2.57 bits per heavy atom. The summed E-state index contributed by atoms with van der Waals surface area (Å²) in [5.74, 6) is 0.198. The Bertz CT molecular complexity index is 353. The molecule has 0 saturated heterocycles.